The number of amides is 2. The summed E-state index contributed by atoms with van der Waals surface area (Å²) in [5, 5.41) is 3.17. The first-order valence-electron chi connectivity index (χ1n) is 15.8. The third-order valence-electron chi connectivity index (χ3n) is 10.0. The minimum absolute atomic E-state index is 0.154. The molecule has 214 valence electrons. The molecule has 0 bridgehead atoms. The Morgan fingerprint density at radius 1 is 0.875 bits per heavy atom. The lowest BCUT2D eigenvalue weighted by atomic mass is 9.69. The van der Waals surface area contributed by atoms with E-state index < -0.39 is 0 Å². The quantitative estimate of drug-likeness (QED) is 0.466. The van der Waals surface area contributed by atoms with Crippen LogP contribution in [0.25, 0.3) is 0 Å². The molecule has 6 heteroatoms. The van der Waals surface area contributed by atoms with Crippen LogP contribution in [-0.4, -0.2) is 77.9 Å². The molecule has 4 aliphatic heterocycles. The Balaban J connectivity index is 1.00. The van der Waals surface area contributed by atoms with Gasteiger partial charge in [0.15, 0.2) is 0 Å². The van der Waals surface area contributed by atoms with Crippen LogP contribution in [0.1, 0.15) is 72.9 Å². The molecule has 3 fully saturated rings. The minimum atomic E-state index is 0.154. The highest BCUT2D eigenvalue weighted by atomic mass is 16.2. The number of nitrogens with zero attached hydrogens (tertiary/aromatic N) is 3. The second-order valence-electron chi connectivity index (χ2n) is 12.5. The van der Waals surface area contributed by atoms with E-state index in [1.165, 1.54) is 49.9 Å². The van der Waals surface area contributed by atoms with Crippen LogP contribution >= 0.6 is 0 Å². The van der Waals surface area contributed by atoms with Crippen LogP contribution in [0.2, 0.25) is 0 Å². The number of likely N-dealkylation sites (tertiary alicyclic amines) is 1. The summed E-state index contributed by atoms with van der Waals surface area (Å²) in [6.45, 7) is 7.17. The lowest BCUT2D eigenvalue weighted by Crippen LogP contribution is -2.65. The number of hydrogen-bond acceptors (Lipinski definition) is 4. The van der Waals surface area contributed by atoms with Gasteiger partial charge in [0.05, 0.1) is 0 Å². The summed E-state index contributed by atoms with van der Waals surface area (Å²) in [5.74, 6) is 1.44. The van der Waals surface area contributed by atoms with Crippen molar-refractivity contribution >= 4 is 11.8 Å². The van der Waals surface area contributed by atoms with Gasteiger partial charge in [-0.15, -0.1) is 0 Å². The molecule has 40 heavy (non-hydrogen) atoms. The van der Waals surface area contributed by atoms with Crippen LogP contribution in [0.4, 0.5) is 0 Å². The Kier molecular flexibility index (Phi) is 8.83. The molecule has 2 aromatic rings. The molecule has 3 saturated heterocycles. The number of piperidine rings is 3. The molecular formula is C34H46N4O2. The van der Waals surface area contributed by atoms with E-state index in [0.29, 0.717) is 24.3 Å². The van der Waals surface area contributed by atoms with E-state index in [0.717, 1.165) is 64.0 Å². The molecule has 4 aliphatic rings. The third kappa shape index (κ3) is 6.13. The van der Waals surface area contributed by atoms with E-state index in [2.05, 4.69) is 44.3 Å². The van der Waals surface area contributed by atoms with Gasteiger partial charge in [-0.05, 0) is 99.6 Å². The largest absolute Gasteiger partial charge is 0.356 e. The Bertz CT molecular complexity index is 1150. The molecule has 0 spiro atoms. The fourth-order valence-electron chi connectivity index (χ4n) is 8.18. The van der Waals surface area contributed by atoms with Gasteiger partial charge in [-0.1, -0.05) is 42.5 Å². The predicted molar refractivity (Wildman–Crippen MR) is 159 cm³/mol. The Hall–Kier alpha value is -2.70. The van der Waals surface area contributed by atoms with Gasteiger partial charge in [0, 0.05) is 56.8 Å². The Morgan fingerprint density at radius 2 is 1.65 bits per heavy atom. The van der Waals surface area contributed by atoms with Crippen molar-refractivity contribution in [2.45, 2.75) is 76.4 Å². The number of nitrogens with one attached hydrogen (secondary N) is 1. The molecule has 2 aromatic carbocycles. The van der Waals surface area contributed by atoms with E-state index in [1.54, 1.807) is 0 Å². The Labute approximate surface area is 240 Å². The predicted octanol–water partition coefficient (Wildman–Crippen LogP) is 4.74. The maximum Gasteiger partial charge on any atom is 0.254 e. The number of benzene rings is 2. The highest BCUT2D eigenvalue weighted by molar-refractivity contribution is 5.94. The van der Waals surface area contributed by atoms with Crippen molar-refractivity contribution in [2.24, 2.45) is 11.8 Å². The molecule has 0 aliphatic carbocycles. The van der Waals surface area contributed by atoms with E-state index >= 15 is 0 Å². The van der Waals surface area contributed by atoms with Crippen LogP contribution in [0.5, 0.6) is 0 Å². The highest BCUT2D eigenvalue weighted by Crippen LogP contribution is 2.43. The first-order chi connectivity index (χ1) is 19.7. The van der Waals surface area contributed by atoms with Gasteiger partial charge in [-0.3, -0.25) is 19.4 Å². The van der Waals surface area contributed by atoms with Crippen molar-refractivity contribution in [1.82, 2.24) is 20.0 Å². The number of hydrogen-bond donors (Lipinski definition) is 1. The summed E-state index contributed by atoms with van der Waals surface area (Å²) in [4.78, 5) is 34.0. The molecule has 2 amide bonds. The first kappa shape index (κ1) is 27.5. The second kappa shape index (κ2) is 12.9. The SMILES string of the molecule is O=C(CCC[C@@H]1[C@H]2CCCN3CCC[C@@H](CN1C(=O)c1ccccc1)[C@@H]23)NCCCN1CCc2ccccc2C1. The van der Waals surface area contributed by atoms with Gasteiger partial charge in [-0.25, -0.2) is 0 Å². The Morgan fingerprint density at radius 3 is 2.50 bits per heavy atom. The van der Waals surface area contributed by atoms with Crippen LogP contribution in [-0.2, 0) is 17.8 Å². The third-order valence-corrected chi connectivity index (χ3v) is 10.0. The smallest absolute Gasteiger partial charge is 0.254 e. The minimum Gasteiger partial charge on any atom is -0.356 e. The van der Waals surface area contributed by atoms with Crippen molar-refractivity contribution in [1.29, 1.82) is 0 Å². The number of fused-ring (bicyclic) bond motifs is 1. The summed E-state index contributed by atoms with van der Waals surface area (Å²) in [6, 6.07) is 19.4. The number of rotatable bonds is 9. The average molecular weight is 543 g/mol. The zero-order chi connectivity index (χ0) is 27.3. The molecule has 6 rings (SSSR count). The lowest BCUT2D eigenvalue weighted by Gasteiger charge is -2.57. The number of carbonyl (C=O) groups is 2. The maximum atomic E-state index is 13.7. The monoisotopic (exact) mass is 542 g/mol. The first-order valence-corrected chi connectivity index (χ1v) is 15.8. The van der Waals surface area contributed by atoms with Crippen molar-refractivity contribution in [3.8, 4) is 0 Å². The van der Waals surface area contributed by atoms with Crippen LogP contribution in [0.15, 0.2) is 54.6 Å². The molecule has 4 heterocycles. The fourth-order valence-corrected chi connectivity index (χ4v) is 8.18. The van der Waals surface area contributed by atoms with E-state index in [-0.39, 0.29) is 17.9 Å². The van der Waals surface area contributed by atoms with Crippen molar-refractivity contribution in [3.63, 3.8) is 0 Å². The summed E-state index contributed by atoms with van der Waals surface area (Å²) < 4.78 is 0. The van der Waals surface area contributed by atoms with Gasteiger partial charge in [0.1, 0.15) is 0 Å². The molecule has 0 saturated carbocycles. The van der Waals surface area contributed by atoms with Crippen molar-refractivity contribution in [3.05, 3.63) is 71.3 Å². The average Bonchev–Trinajstić information content (AvgIpc) is 3.00. The number of carbonyl (C=O) groups excluding carboxylic acids is 2. The van der Waals surface area contributed by atoms with Gasteiger partial charge in [0.25, 0.3) is 5.91 Å². The molecule has 0 radical (unpaired) electrons. The summed E-state index contributed by atoms with van der Waals surface area (Å²) in [7, 11) is 0. The molecule has 0 aromatic heterocycles. The molecule has 6 nitrogen and oxygen atoms in total. The standard InChI is InChI=1S/C34H46N4O2/c39-32(35-19-9-20-36-23-18-26-10-4-5-13-28(26)24-36)17-6-16-31-30-15-8-22-37-21-7-14-29(33(30)37)25-38(31)34(40)27-11-2-1-3-12-27/h1-5,10-13,29-31,33H,6-9,14-25H2,(H,35,39)/t29-,30+,31+,33-/m0/s1. The highest BCUT2D eigenvalue weighted by Gasteiger charge is 2.49. The van der Waals surface area contributed by atoms with Gasteiger partial charge >= 0.3 is 0 Å². The van der Waals surface area contributed by atoms with Gasteiger partial charge in [0.2, 0.25) is 5.91 Å². The summed E-state index contributed by atoms with van der Waals surface area (Å²) in [5.41, 5.74) is 3.72. The summed E-state index contributed by atoms with van der Waals surface area (Å²) >= 11 is 0. The normalized spacial score (nSPS) is 26.6. The van der Waals surface area contributed by atoms with E-state index in [1.807, 2.05) is 30.3 Å². The second-order valence-corrected chi connectivity index (χ2v) is 12.5. The molecule has 1 N–H and O–H groups in total. The van der Waals surface area contributed by atoms with Crippen LogP contribution < -0.4 is 5.32 Å². The zero-order valence-electron chi connectivity index (χ0n) is 24.0. The maximum absolute atomic E-state index is 13.7. The molecule has 4 atom stereocenters. The molecular weight excluding hydrogens is 496 g/mol. The fraction of sp³-hybridized carbons (Fsp3) is 0.588. The topological polar surface area (TPSA) is 55.9 Å². The zero-order valence-corrected chi connectivity index (χ0v) is 24.0. The van der Waals surface area contributed by atoms with Gasteiger partial charge < -0.3 is 10.2 Å². The lowest BCUT2D eigenvalue weighted by molar-refractivity contribution is -0.121. The summed E-state index contributed by atoms with van der Waals surface area (Å²) in [6.07, 6.45) is 9.31. The van der Waals surface area contributed by atoms with Crippen LogP contribution in [0, 0.1) is 11.8 Å². The van der Waals surface area contributed by atoms with Crippen molar-refractivity contribution in [2.75, 3.05) is 39.3 Å². The van der Waals surface area contributed by atoms with Crippen LogP contribution in [0.3, 0.4) is 0 Å². The van der Waals surface area contributed by atoms with E-state index in [9.17, 15) is 9.59 Å². The molecule has 0 unspecified atom stereocenters. The van der Waals surface area contributed by atoms with E-state index in [4.69, 9.17) is 0 Å². The van der Waals surface area contributed by atoms with Crippen molar-refractivity contribution < 1.29 is 9.59 Å². The van der Waals surface area contributed by atoms with Gasteiger partial charge in [-0.2, -0.15) is 0 Å².